The molecule has 0 bridgehead atoms. The van der Waals surface area contributed by atoms with E-state index in [1.165, 1.54) is 17.5 Å². The molecule has 3 rings (SSSR count). The van der Waals surface area contributed by atoms with Crippen LogP contribution in [0.1, 0.15) is 11.1 Å². The van der Waals surface area contributed by atoms with Crippen LogP contribution in [-0.4, -0.2) is 15.0 Å². The summed E-state index contributed by atoms with van der Waals surface area (Å²) in [5.74, 6) is -0.359. The van der Waals surface area contributed by atoms with E-state index in [1.807, 2.05) is 13.0 Å². The summed E-state index contributed by atoms with van der Waals surface area (Å²) in [6.07, 6.45) is 0. The predicted octanol–water partition coefficient (Wildman–Crippen LogP) is 3.34. The van der Waals surface area contributed by atoms with E-state index < -0.39 is 15.7 Å². The Kier molecular flexibility index (Phi) is 3.29. The maximum atomic E-state index is 13.5. The predicted molar refractivity (Wildman–Crippen MR) is 78.2 cm³/mol. The van der Waals surface area contributed by atoms with Gasteiger partial charge in [-0.25, -0.2) is 12.8 Å². The molecule has 0 saturated carbocycles. The van der Waals surface area contributed by atoms with Crippen LogP contribution in [0.15, 0.2) is 52.8 Å². The summed E-state index contributed by atoms with van der Waals surface area (Å²) in [5.41, 5.74) is 2.07. The Morgan fingerprint density at radius 2 is 1.86 bits per heavy atom. The molecular formula is C16H13FO3S. The van der Waals surface area contributed by atoms with E-state index in [0.29, 0.717) is 11.1 Å². The molecule has 1 heterocycles. The van der Waals surface area contributed by atoms with Crippen LogP contribution in [0.4, 0.5) is 4.39 Å². The van der Waals surface area contributed by atoms with Gasteiger partial charge in [0.15, 0.2) is 11.6 Å². The first-order chi connectivity index (χ1) is 9.99. The van der Waals surface area contributed by atoms with Gasteiger partial charge in [0.1, 0.15) is 6.61 Å². The average Bonchev–Trinajstić information content (AvgIpc) is 2.71. The molecule has 2 aromatic rings. The fourth-order valence-electron chi connectivity index (χ4n) is 2.42. The lowest BCUT2D eigenvalue weighted by molar-refractivity contribution is 0.348. The van der Waals surface area contributed by atoms with E-state index >= 15 is 0 Å². The lowest BCUT2D eigenvalue weighted by Gasteiger charge is -2.10. The highest BCUT2D eigenvalue weighted by Crippen LogP contribution is 2.35. The first kappa shape index (κ1) is 13.8. The van der Waals surface area contributed by atoms with E-state index in [0.717, 1.165) is 5.56 Å². The smallest absolute Gasteiger partial charge is 0.200 e. The number of sulfone groups is 1. The molecule has 0 aliphatic carbocycles. The molecular weight excluding hydrogens is 291 g/mol. The number of rotatable bonds is 3. The maximum absolute atomic E-state index is 13.5. The van der Waals surface area contributed by atoms with Crippen molar-refractivity contribution in [3.8, 4) is 5.75 Å². The van der Waals surface area contributed by atoms with E-state index in [-0.39, 0.29) is 17.3 Å². The number of aryl methyl sites for hydroxylation is 1. The molecule has 0 unspecified atom stereocenters. The Morgan fingerprint density at radius 1 is 1.10 bits per heavy atom. The molecule has 0 radical (unpaired) electrons. The summed E-state index contributed by atoms with van der Waals surface area (Å²) in [4.78, 5) is 0.287. The summed E-state index contributed by atoms with van der Waals surface area (Å²) in [6, 6.07) is 11.2. The maximum Gasteiger partial charge on any atom is 0.200 e. The molecule has 0 spiro atoms. The number of hydrogen-bond donors (Lipinski definition) is 0. The van der Waals surface area contributed by atoms with Gasteiger partial charge in [0.2, 0.25) is 9.84 Å². The Morgan fingerprint density at radius 3 is 2.62 bits per heavy atom. The number of hydrogen-bond acceptors (Lipinski definition) is 3. The molecule has 1 aliphatic heterocycles. The SMILES string of the molecule is Cc1cccc2c1C(COc1ccccc1F)=CS2(=O)=O. The Bertz CT molecular complexity index is 838. The number of benzene rings is 2. The van der Waals surface area contributed by atoms with Crippen LogP contribution in [0.25, 0.3) is 5.57 Å². The van der Waals surface area contributed by atoms with Gasteiger partial charge in [0.25, 0.3) is 0 Å². The van der Waals surface area contributed by atoms with E-state index in [2.05, 4.69) is 0 Å². The molecule has 0 atom stereocenters. The van der Waals surface area contributed by atoms with Gasteiger partial charge < -0.3 is 4.74 Å². The first-order valence-corrected chi connectivity index (χ1v) is 7.96. The molecule has 0 saturated heterocycles. The lowest BCUT2D eigenvalue weighted by atomic mass is 10.0. The van der Waals surface area contributed by atoms with Crippen molar-refractivity contribution in [3.63, 3.8) is 0 Å². The van der Waals surface area contributed by atoms with Crippen molar-refractivity contribution in [2.24, 2.45) is 0 Å². The fraction of sp³-hybridized carbons (Fsp3) is 0.125. The van der Waals surface area contributed by atoms with Gasteiger partial charge in [-0.15, -0.1) is 0 Å². The van der Waals surface area contributed by atoms with Crippen LogP contribution in [0.5, 0.6) is 5.75 Å². The second-order valence-corrected chi connectivity index (χ2v) is 6.62. The van der Waals surface area contributed by atoms with Crippen molar-refractivity contribution in [2.45, 2.75) is 11.8 Å². The summed E-state index contributed by atoms with van der Waals surface area (Å²) in [7, 11) is -3.43. The second kappa shape index (κ2) is 5.00. The number of para-hydroxylation sites is 1. The van der Waals surface area contributed by atoms with E-state index in [9.17, 15) is 12.8 Å². The van der Waals surface area contributed by atoms with Crippen molar-refractivity contribution < 1.29 is 17.5 Å². The molecule has 1 aliphatic rings. The fourth-order valence-corrected chi connectivity index (χ4v) is 3.95. The topological polar surface area (TPSA) is 43.4 Å². The van der Waals surface area contributed by atoms with Crippen molar-refractivity contribution in [2.75, 3.05) is 6.61 Å². The first-order valence-electron chi connectivity index (χ1n) is 6.42. The summed E-state index contributed by atoms with van der Waals surface area (Å²) in [6.45, 7) is 1.86. The van der Waals surface area contributed by atoms with Gasteiger partial charge in [-0.3, -0.25) is 0 Å². The van der Waals surface area contributed by atoms with Crippen molar-refractivity contribution >= 4 is 15.4 Å². The largest absolute Gasteiger partial charge is 0.486 e. The summed E-state index contributed by atoms with van der Waals surface area (Å²) < 4.78 is 43.1. The van der Waals surface area contributed by atoms with Crippen LogP contribution >= 0.6 is 0 Å². The zero-order valence-corrected chi connectivity index (χ0v) is 12.2. The third-order valence-electron chi connectivity index (χ3n) is 3.38. The minimum absolute atomic E-state index is 0.0119. The molecule has 108 valence electrons. The summed E-state index contributed by atoms with van der Waals surface area (Å²) in [5, 5.41) is 1.20. The van der Waals surface area contributed by atoms with Gasteiger partial charge in [0, 0.05) is 16.5 Å². The molecule has 0 amide bonds. The van der Waals surface area contributed by atoms with Gasteiger partial charge >= 0.3 is 0 Å². The molecule has 0 aromatic heterocycles. The van der Waals surface area contributed by atoms with Crippen LogP contribution in [0, 0.1) is 12.7 Å². The van der Waals surface area contributed by atoms with Crippen LogP contribution in [-0.2, 0) is 9.84 Å². The average molecular weight is 304 g/mol. The van der Waals surface area contributed by atoms with E-state index in [4.69, 9.17) is 4.74 Å². The Labute approximate surface area is 122 Å². The molecule has 5 heteroatoms. The molecule has 0 N–H and O–H groups in total. The molecule has 21 heavy (non-hydrogen) atoms. The second-order valence-electron chi connectivity index (χ2n) is 4.86. The van der Waals surface area contributed by atoms with Crippen LogP contribution in [0.3, 0.4) is 0 Å². The van der Waals surface area contributed by atoms with Crippen molar-refractivity contribution in [1.29, 1.82) is 0 Å². The highest BCUT2D eigenvalue weighted by Gasteiger charge is 2.28. The van der Waals surface area contributed by atoms with Gasteiger partial charge in [0.05, 0.1) is 4.90 Å². The molecule has 2 aromatic carbocycles. The van der Waals surface area contributed by atoms with E-state index in [1.54, 1.807) is 24.3 Å². The van der Waals surface area contributed by atoms with Gasteiger partial charge in [-0.05, 0) is 30.7 Å². The quantitative estimate of drug-likeness (QED) is 0.873. The number of fused-ring (bicyclic) bond motifs is 1. The minimum atomic E-state index is -3.43. The van der Waals surface area contributed by atoms with Crippen LogP contribution < -0.4 is 4.74 Å². The normalized spacial score (nSPS) is 15.4. The third kappa shape index (κ3) is 2.45. The zero-order chi connectivity index (χ0) is 15.0. The highest BCUT2D eigenvalue weighted by molar-refractivity contribution is 7.95. The highest BCUT2D eigenvalue weighted by atomic mass is 32.2. The third-order valence-corrected chi connectivity index (χ3v) is 4.93. The monoisotopic (exact) mass is 304 g/mol. The number of halogens is 1. The van der Waals surface area contributed by atoms with Crippen molar-refractivity contribution in [1.82, 2.24) is 0 Å². The Hall–Kier alpha value is -2.14. The minimum Gasteiger partial charge on any atom is -0.486 e. The number of ether oxygens (including phenoxy) is 1. The van der Waals surface area contributed by atoms with Gasteiger partial charge in [-0.1, -0.05) is 24.3 Å². The molecule has 0 fully saturated rings. The molecule has 3 nitrogen and oxygen atoms in total. The summed E-state index contributed by atoms with van der Waals surface area (Å²) >= 11 is 0. The van der Waals surface area contributed by atoms with Crippen LogP contribution in [0.2, 0.25) is 0 Å². The zero-order valence-electron chi connectivity index (χ0n) is 11.3. The standard InChI is InChI=1S/C16H13FO3S/c1-11-5-4-8-15-16(11)12(10-21(15,18)19)9-20-14-7-3-2-6-13(14)17/h2-8,10H,9H2,1H3. The Balaban J connectivity index is 1.94. The van der Waals surface area contributed by atoms with Crippen molar-refractivity contribution in [3.05, 3.63) is 64.8 Å². The lowest BCUT2D eigenvalue weighted by Crippen LogP contribution is -2.02. The van der Waals surface area contributed by atoms with Gasteiger partial charge in [-0.2, -0.15) is 0 Å².